The zero-order chi connectivity index (χ0) is 21.3. The van der Waals surface area contributed by atoms with Gasteiger partial charge in [-0.05, 0) is 51.8 Å². The van der Waals surface area contributed by atoms with E-state index in [1.165, 1.54) is 11.8 Å². The van der Waals surface area contributed by atoms with Crippen molar-refractivity contribution < 1.29 is 9.53 Å². The van der Waals surface area contributed by atoms with Gasteiger partial charge in [0, 0.05) is 48.1 Å². The molecule has 0 radical (unpaired) electrons. The van der Waals surface area contributed by atoms with Gasteiger partial charge < -0.3 is 9.30 Å². The molecule has 1 fully saturated rings. The van der Waals surface area contributed by atoms with Gasteiger partial charge in [-0.15, -0.1) is 10.2 Å². The molecule has 0 unspecified atom stereocenters. The minimum absolute atomic E-state index is 0.109. The molecule has 1 saturated carbocycles. The lowest BCUT2D eigenvalue weighted by Crippen LogP contribution is -2.14. The van der Waals surface area contributed by atoms with Gasteiger partial charge in [0.1, 0.15) is 0 Å². The van der Waals surface area contributed by atoms with Gasteiger partial charge in [0.2, 0.25) is 0 Å². The first-order valence-electron chi connectivity index (χ1n) is 10.2. The molecule has 0 aliphatic heterocycles. The highest BCUT2D eigenvalue weighted by atomic mass is 32.2. The number of thioether (sulfide) groups is 1. The standard InChI is InChI=1S/C22H27N5O2S/c1-14-10-19(16(3)26(14)15(2)12-29-4)20(28)13-30-22-25-24-21(27(22)18-7-8-18)17-6-5-9-23-11-17/h5-6,9-11,15,18H,7-8,12-13H2,1-4H3/t15-/m0/s1. The van der Waals surface area contributed by atoms with Gasteiger partial charge in [-0.25, -0.2) is 0 Å². The summed E-state index contributed by atoms with van der Waals surface area (Å²) in [5.74, 6) is 1.27. The van der Waals surface area contributed by atoms with Gasteiger partial charge in [0.15, 0.2) is 16.8 Å². The zero-order valence-corrected chi connectivity index (χ0v) is 18.6. The lowest BCUT2D eigenvalue weighted by molar-refractivity contribution is 0.102. The number of ketones is 1. The van der Waals surface area contributed by atoms with E-state index < -0.39 is 0 Å². The number of hydrogen-bond acceptors (Lipinski definition) is 6. The summed E-state index contributed by atoms with van der Waals surface area (Å²) in [6, 6.07) is 6.47. The zero-order valence-electron chi connectivity index (χ0n) is 17.8. The Hall–Kier alpha value is -2.45. The highest BCUT2D eigenvalue weighted by Gasteiger charge is 2.30. The van der Waals surface area contributed by atoms with E-state index in [1.807, 2.05) is 32.0 Å². The average Bonchev–Trinajstić information content (AvgIpc) is 3.42. The van der Waals surface area contributed by atoms with Crippen molar-refractivity contribution in [3.63, 3.8) is 0 Å². The topological polar surface area (TPSA) is 74.8 Å². The first-order valence-corrected chi connectivity index (χ1v) is 11.2. The molecule has 3 heterocycles. The van der Waals surface area contributed by atoms with Crippen LogP contribution in [0.4, 0.5) is 0 Å². The largest absolute Gasteiger partial charge is 0.383 e. The molecule has 0 aromatic carbocycles. The molecule has 0 saturated heterocycles. The van der Waals surface area contributed by atoms with E-state index in [1.54, 1.807) is 19.5 Å². The first-order chi connectivity index (χ1) is 14.5. The van der Waals surface area contributed by atoms with Crippen LogP contribution in [-0.2, 0) is 4.74 Å². The molecule has 1 atom stereocenters. The molecule has 3 aromatic heterocycles. The number of pyridine rings is 1. The van der Waals surface area contributed by atoms with Gasteiger partial charge in [-0.2, -0.15) is 0 Å². The lowest BCUT2D eigenvalue weighted by Gasteiger charge is -2.17. The predicted molar refractivity (Wildman–Crippen MR) is 117 cm³/mol. The van der Waals surface area contributed by atoms with Crippen molar-refractivity contribution in [2.45, 2.75) is 50.9 Å². The molecule has 4 rings (SSSR count). The quantitative estimate of drug-likeness (QED) is 0.376. The fourth-order valence-electron chi connectivity index (χ4n) is 3.99. The van der Waals surface area contributed by atoms with Crippen LogP contribution < -0.4 is 0 Å². The summed E-state index contributed by atoms with van der Waals surface area (Å²) in [5, 5.41) is 9.59. The van der Waals surface area contributed by atoms with Crippen LogP contribution in [0.3, 0.4) is 0 Å². The third-order valence-electron chi connectivity index (χ3n) is 5.46. The monoisotopic (exact) mass is 425 g/mol. The van der Waals surface area contributed by atoms with E-state index in [0.29, 0.717) is 18.4 Å². The van der Waals surface area contributed by atoms with E-state index in [9.17, 15) is 4.79 Å². The van der Waals surface area contributed by atoms with E-state index >= 15 is 0 Å². The number of hydrogen-bond donors (Lipinski definition) is 0. The van der Waals surface area contributed by atoms with Crippen LogP contribution in [0.5, 0.6) is 0 Å². The number of aromatic nitrogens is 5. The Bertz CT molecular complexity index is 1040. The minimum atomic E-state index is 0.109. The van der Waals surface area contributed by atoms with Crippen LogP contribution in [0.2, 0.25) is 0 Å². The van der Waals surface area contributed by atoms with Crippen molar-refractivity contribution in [1.29, 1.82) is 0 Å². The third-order valence-corrected chi connectivity index (χ3v) is 6.41. The van der Waals surface area contributed by atoms with Crippen molar-refractivity contribution in [3.8, 4) is 11.4 Å². The number of carbonyl (C=O) groups excluding carboxylic acids is 1. The second-order valence-corrected chi connectivity index (χ2v) is 8.76. The van der Waals surface area contributed by atoms with Crippen LogP contribution in [0.15, 0.2) is 35.7 Å². The summed E-state index contributed by atoms with van der Waals surface area (Å²) < 4.78 is 9.63. The molecule has 0 amide bonds. The molecule has 0 N–H and O–H groups in total. The van der Waals surface area contributed by atoms with Crippen LogP contribution in [0, 0.1) is 13.8 Å². The molecule has 7 nitrogen and oxygen atoms in total. The summed E-state index contributed by atoms with van der Waals surface area (Å²) in [5.41, 5.74) is 3.78. The van der Waals surface area contributed by atoms with Crippen LogP contribution in [0.1, 0.15) is 53.6 Å². The maximum absolute atomic E-state index is 13.0. The Balaban J connectivity index is 1.53. The highest BCUT2D eigenvalue weighted by Crippen LogP contribution is 2.41. The Labute approximate surface area is 180 Å². The number of carbonyl (C=O) groups is 1. The summed E-state index contributed by atoms with van der Waals surface area (Å²) >= 11 is 1.46. The molecule has 0 bridgehead atoms. The van der Waals surface area contributed by atoms with E-state index in [0.717, 1.165) is 46.3 Å². The molecule has 3 aromatic rings. The average molecular weight is 426 g/mol. The Morgan fingerprint density at radius 3 is 2.80 bits per heavy atom. The molecule has 158 valence electrons. The summed E-state index contributed by atoms with van der Waals surface area (Å²) in [6.07, 6.45) is 5.79. The number of Topliss-reactive ketones (excluding diaryl/α,β-unsaturated/α-hetero) is 1. The van der Waals surface area contributed by atoms with Crippen molar-refractivity contribution in [2.24, 2.45) is 0 Å². The smallest absolute Gasteiger partial charge is 0.192 e. The molecular weight excluding hydrogens is 398 g/mol. The molecule has 0 spiro atoms. The number of rotatable bonds is 9. The Kier molecular flexibility index (Phi) is 6.06. The van der Waals surface area contributed by atoms with E-state index in [4.69, 9.17) is 4.74 Å². The highest BCUT2D eigenvalue weighted by molar-refractivity contribution is 7.99. The molecule has 1 aliphatic carbocycles. The van der Waals surface area contributed by atoms with E-state index in [2.05, 4.69) is 31.2 Å². The van der Waals surface area contributed by atoms with Crippen LogP contribution in [0.25, 0.3) is 11.4 Å². The van der Waals surface area contributed by atoms with Gasteiger partial charge in [-0.1, -0.05) is 11.8 Å². The maximum atomic E-state index is 13.0. The van der Waals surface area contributed by atoms with Crippen molar-refractivity contribution in [2.75, 3.05) is 19.5 Å². The van der Waals surface area contributed by atoms with E-state index in [-0.39, 0.29) is 11.8 Å². The van der Waals surface area contributed by atoms with Gasteiger partial charge >= 0.3 is 0 Å². The predicted octanol–water partition coefficient (Wildman–Crippen LogP) is 4.28. The van der Waals surface area contributed by atoms with Gasteiger partial charge in [0.05, 0.1) is 18.4 Å². The number of aryl methyl sites for hydroxylation is 1. The summed E-state index contributed by atoms with van der Waals surface area (Å²) in [6.45, 7) is 6.75. The fourth-order valence-corrected chi connectivity index (χ4v) is 4.88. The second kappa shape index (κ2) is 8.73. The van der Waals surface area contributed by atoms with Crippen molar-refractivity contribution in [3.05, 3.63) is 47.5 Å². The Morgan fingerprint density at radius 1 is 1.33 bits per heavy atom. The lowest BCUT2D eigenvalue weighted by atomic mass is 10.2. The van der Waals surface area contributed by atoms with Crippen molar-refractivity contribution >= 4 is 17.5 Å². The van der Waals surface area contributed by atoms with Crippen LogP contribution >= 0.6 is 11.8 Å². The van der Waals surface area contributed by atoms with Gasteiger partial charge in [0.25, 0.3) is 0 Å². The maximum Gasteiger partial charge on any atom is 0.192 e. The minimum Gasteiger partial charge on any atom is -0.383 e. The molecular formula is C22H27N5O2S. The van der Waals surface area contributed by atoms with Gasteiger partial charge in [-0.3, -0.25) is 14.3 Å². The number of methoxy groups -OCH3 is 1. The number of nitrogens with zero attached hydrogens (tertiary/aromatic N) is 5. The normalized spacial score (nSPS) is 14.8. The third kappa shape index (κ3) is 4.06. The molecule has 30 heavy (non-hydrogen) atoms. The summed E-state index contributed by atoms with van der Waals surface area (Å²) in [4.78, 5) is 17.2. The van der Waals surface area contributed by atoms with Crippen LogP contribution in [-0.4, -0.2) is 49.6 Å². The summed E-state index contributed by atoms with van der Waals surface area (Å²) in [7, 11) is 1.70. The fraction of sp³-hybridized carbons (Fsp3) is 0.455. The Morgan fingerprint density at radius 2 is 2.13 bits per heavy atom. The first kappa shape index (κ1) is 20.8. The molecule has 1 aliphatic rings. The molecule has 8 heteroatoms. The number of ether oxygens (including phenoxy) is 1. The van der Waals surface area contributed by atoms with Crippen molar-refractivity contribution in [1.82, 2.24) is 24.3 Å². The SMILES string of the molecule is COC[C@H](C)n1c(C)cc(C(=O)CSc2nnc(-c3cccnc3)n2C2CC2)c1C. The second-order valence-electron chi connectivity index (χ2n) is 7.82.